The highest BCUT2D eigenvalue weighted by Gasteiger charge is 2.30. The van der Waals surface area contributed by atoms with Crippen molar-refractivity contribution in [2.75, 3.05) is 13.7 Å². The van der Waals surface area contributed by atoms with Gasteiger partial charge in [-0.1, -0.05) is 23.7 Å². The lowest BCUT2D eigenvalue weighted by Crippen LogP contribution is -2.14. The van der Waals surface area contributed by atoms with E-state index in [0.29, 0.717) is 22.0 Å². The maximum absolute atomic E-state index is 15.5. The first-order valence-corrected chi connectivity index (χ1v) is 9.27. The van der Waals surface area contributed by atoms with E-state index in [0.717, 1.165) is 0 Å². The van der Waals surface area contributed by atoms with E-state index in [4.69, 9.17) is 21.1 Å². The first-order valence-electron chi connectivity index (χ1n) is 8.89. The van der Waals surface area contributed by atoms with Crippen LogP contribution in [0.4, 0.5) is 4.39 Å². The zero-order valence-corrected chi connectivity index (χ0v) is 16.7. The van der Waals surface area contributed by atoms with Gasteiger partial charge in [-0.3, -0.25) is 0 Å². The second-order valence-corrected chi connectivity index (χ2v) is 6.52. The molecule has 1 aromatic heterocycles. The van der Waals surface area contributed by atoms with Crippen molar-refractivity contribution >= 4 is 17.6 Å². The van der Waals surface area contributed by atoms with Crippen LogP contribution in [-0.2, 0) is 11.2 Å². The van der Waals surface area contributed by atoms with Gasteiger partial charge in [-0.15, -0.1) is 0 Å². The Hall–Kier alpha value is -3.30. The van der Waals surface area contributed by atoms with Crippen molar-refractivity contribution in [3.63, 3.8) is 0 Å². The molecule has 0 saturated heterocycles. The molecule has 0 aliphatic heterocycles. The predicted molar refractivity (Wildman–Crippen MR) is 108 cm³/mol. The molecule has 0 fully saturated rings. The molecule has 0 atom stereocenters. The number of nitriles is 1. The average Bonchev–Trinajstić information content (AvgIpc) is 3.02. The van der Waals surface area contributed by atoms with Gasteiger partial charge < -0.3 is 14.0 Å². The van der Waals surface area contributed by atoms with E-state index in [-0.39, 0.29) is 30.0 Å². The highest BCUT2D eigenvalue weighted by molar-refractivity contribution is 6.30. The van der Waals surface area contributed by atoms with Crippen LogP contribution in [0.3, 0.4) is 0 Å². The number of aromatic nitrogens is 1. The summed E-state index contributed by atoms with van der Waals surface area (Å²) >= 11 is 5.98. The van der Waals surface area contributed by atoms with Gasteiger partial charge >= 0.3 is 5.97 Å². The van der Waals surface area contributed by atoms with E-state index in [1.807, 2.05) is 6.07 Å². The fourth-order valence-corrected chi connectivity index (χ4v) is 3.23. The van der Waals surface area contributed by atoms with Gasteiger partial charge in [-0.2, -0.15) is 5.26 Å². The van der Waals surface area contributed by atoms with E-state index in [1.54, 1.807) is 62.6 Å². The fraction of sp³-hybridized carbons (Fsp3) is 0.182. The van der Waals surface area contributed by atoms with E-state index < -0.39 is 11.8 Å². The molecule has 2 aromatic carbocycles. The Kier molecular flexibility index (Phi) is 6.20. The molecule has 0 unspecified atom stereocenters. The maximum atomic E-state index is 15.5. The summed E-state index contributed by atoms with van der Waals surface area (Å²) in [4.78, 5) is 12.7. The van der Waals surface area contributed by atoms with Crippen LogP contribution in [0.2, 0.25) is 5.02 Å². The molecule has 0 bridgehead atoms. The monoisotopic (exact) mass is 412 g/mol. The minimum absolute atomic E-state index is 0.00767. The summed E-state index contributed by atoms with van der Waals surface area (Å²) in [6, 6.07) is 15.3. The van der Waals surface area contributed by atoms with Gasteiger partial charge in [0.2, 0.25) is 0 Å². The molecule has 0 radical (unpaired) electrons. The van der Waals surface area contributed by atoms with Crippen molar-refractivity contribution in [3.8, 4) is 28.8 Å². The van der Waals surface area contributed by atoms with Crippen LogP contribution in [0.15, 0.2) is 48.5 Å². The molecule has 0 spiro atoms. The number of hydrogen-bond acceptors (Lipinski definition) is 4. The lowest BCUT2D eigenvalue weighted by molar-refractivity contribution is 0.0516. The first kappa shape index (κ1) is 20.4. The topological polar surface area (TPSA) is 64.2 Å². The zero-order valence-electron chi connectivity index (χ0n) is 15.9. The molecule has 5 nitrogen and oxygen atoms in total. The smallest absolute Gasteiger partial charge is 0.355 e. The van der Waals surface area contributed by atoms with Crippen LogP contribution in [0, 0.1) is 17.1 Å². The van der Waals surface area contributed by atoms with Gasteiger partial charge in [0.1, 0.15) is 11.4 Å². The number of carbonyl (C=O) groups excluding carboxylic acids is 1. The van der Waals surface area contributed by atoms with Crippen LogP contribution >= 0.6 is 11.6 Å². The quantitative estimate of drug-likeness (QED) is 0.523. The van der Waals surface area contributed by atoms with Gasteiger partial charge in [0.15, 0.2) is 5.82 Å². The van der Waals surface area contributed by atoms with Crippen molar-refractivity contribution in [2.45, 2.75) is 13.3 Å². The van der Waals surface area contributed by atoms with Crippen LogP contribution in [-0.4, -0.2) is 24.3 Å². The molecule has 148 valence electrons. The molecular formula is C22H18ClFN2O3. The normalized spacial score (nSPS) is 10.4. The number of hydrogen-bond donors (Lipinski definition) is 0. The average molecular weight is 413 g/mol. The number of carbonyl (C=O) groups is 1. The minimum atomic E-state index is -0.701. The molecule has 3 aromatic rings. The Morgan fingerprint density at radius 2 is 1.83 bits per heavy atom. The lowest BCUT2D eigenvalue weighted by atomic mass is 10.1. The van der Waals surface area contributed by atoms with Gasteiger partial charge in [-0.25, -0.2) is 9.18 Å². The molecule has 0 aliphatic carbocycles. The van der Waals surface area contributed by atoms with Crippen molar-refractivity contribution in [2.24, 2.45) is 0 Å². The largest absolute Gasteiger partial charge is 0.497 e. The summed E-state index contributed by atoms with van der Waals surface area (Å²) in [6.45, 7) is 1.79. The van der Waals surface area contributed by atoms with Crippen LogP contribution in [0.25, 0.3) is 16.9 Å². The van der Waals surface area contributed by atoms with E-state index in [2.05, 4.69) is 0 Å². The van der Waals surface area contributed by atoms with Crippen molar-refractivity contribution in [3.05, 3.63) is 70.6 Å². The zero-order chi connectivity index (χ0) is 21.0. The molecule has 1 heterocycles. The second kappa shape index (κ2) is 8.80. The highest BCUT2D eigenvalue weighted by atomic mass is 35.5. The van der Waals surface area contributed by atoms with Crippen LogP contribution in [0.1, 0.15) is 23.0 Å². The van der Waals surface area contributed by atoms with E-state index >= 15 is 4.39 Å². The summed E-state index contributed by atoms with van der Waals surface area (Å²) in [5, 5.41) is 9.71. The summed E-state index contributed by atoms with van der Waals surface area (Å²) in [6.07, 6.45) is -0.274. The minimum Gasteiger partial charge on any atom is -0.497 e. The van der Waals surface area contributed by atoms with Gasteiger partial charge in [0.25, 0.3) is 0 Å². The van der Waals surface area contributed by atoms with Crippen molar-refractivity contribution in [1.82, 2.24) is 4.57 Å². The van der Waals surface area contributed by atoms with Gasteiger partial charge in [-0.05, 0) is 43.3 Å². The molecule has 0 amide bonds. The third-order valence-corrected chi connectivity index (χ3v) is 4.63. The maximum Gasteiger partial charge on any atom is 0.355 e. The SMILES string of the molecule is CCOC(=O)c1c(CC#N)c(F)c(-c2ccc(Cl)cc2)n1-c1ccc(OC)cc1. The fourth-order valence-electron chi connectivity index (χ4n) is 3.10. The number of halogens is 2. The number of methoxy groups -OCH3 is 1. The summed E-state index contributed by atoms with van der Waals surface area (Å²) in [5.74, 6) is -0.732. The molecule has 3 rings (SSSR count). The molecule has 29 heavy (non-hydrogen) atoms. The second-order valence-electron chi connectivity index (χ2n) is 6.09. The lowest BCUT2D eigenvalue weighted by Gasteiger charge is -2.14. The number of nitrogens with zero attached hydrogens (tertiary/aromatic N) is 2. The van der Waals surface area contributed by atoms with Crippen molar-refractivity contribution in [1.29, 1.82) is 5.26 Å². The molecule has 7 heteroatoms. The Morgan fingerprint density at radius 3 is 2.38 bits per heavy atom. The number of benzene rings is 2. The molecular weight excluding hydrogens is 395 g/mol. The molecule has 0 saturated carbocycles. The summed E-state index contributed by atoms with van der Waals surface area (Å²) < 4.78 is 27.3. The summed E-state index contributed by atoms with van der Waals surface area (Å²) in [7, 11) is 1.54. The van der Waals surface area contributed by atoms with Crippen LogP contribution < -0.4 is 4.74 Å². The van der Waals surface area contributed by atoms with E-state index in [9.17, 15) is 10.1 Å². The number of ether oxygens (including phenoxy) is 2. The van der Waals surface area contributed by atoms with Crippen LogP contribution in [0.5, 0.6) is 5.75 Å². The standard InChI is InChI=1S/C22H18ClFN2O3/c1-3-29-22(27)21-18(12-13-25)19(24)20(14-4-6-15(23)7-5-14)26(21)16-8-10-17(28-2)11-9-16/h4-11H,3,12H2,1-2H3. The highest BCUT2D eigenvalue weighted by Crippen LogP contribution is 2.35. The predicted octanol–water partition coefficient (Wildman–Crippen LogP) is 5.19. The third kappa shape index (κ3) is 3.96. The van der Waals surface area contributed by atoms with E-state index in [1.165, 1.54) is 4.57 Å². The third-order valence-electron chi connectivity index (χ3n) is 4.38. The number of rotatable bonds is 6. The molecule has 0 aliphatic rings. The Morgan fingerprint density at radius 1 is 1.17 bits per heavy atom. The summed E-state index contributed by atoms with van der Waals surface area (Å²) in [5.41, 5.74) is 1.17. The first-order chi connectivity index (χ1) is 14.0. The Bertz CT molecular complexity index is 1070. The van der Waals surface area contributed by atoms with Crippen molar-refractivity contribution < 1.29 is 18.7 Å². The number of esters is 1. The Labute approximate surface area is 172 Å². The van der Waals surface area contributed by atoms with Gasteiger partial charge in [0.05, 0.1) is 31.9 Å². The van der Waals surface area contributed by atoms with Gasteiger partial charge in [0, 0.05) is 21.8 Å². The molecule has 0 N–H and O–H groups in total. The Balaban J connectivity index is 2.36.